The van der Waals surface area contributed by atoms with Crippen LogP contribution < -0.4 is 19.4 Å². The molecule has 30 heavy (non-hydrogen) atoms. The third kappa shape index (κ3) is 5.08. The molecule has 2 heterocycles. The molecule has 0 unspecified atom stereocenters. The standard InChI is InChI=1S/C24H26N4O2/c1-29-22-11-10-21(17-23(22)30-19-20-7-3-2-4-8-20)18-26-28-15-13-27(14-16-28)24-9-5-6-12-25-24/h2-12,17-18H,13-16,19H2,1H3/p+1/b26-18+. The van der Waals surface area contributed by atoms with Crippen LogP contribution in [-0.2, 0) is 6.61 Å². The van der Waals surface area contributed by atoms with Gasteiger partial charge in [-0.05, 0) is 35.4 Å². The summed E-state index contributed by atoms with van der Waals surface area (Å²) in [6, 6.07) is 22.1. The smallest absolute Gasteiger partial charge is 0.274 e. The molecule has 1 fully saturated rings. The van der Waals surface area contributed by atoms with Gasteiger partial charge in [0.1, 0.15) is 19.7 Å². The molecule has 3 aromatic rings. The first-order valence-corrected chi connectivity index (χ1v) is 10.2. The van der Waals surface area contributed by atoms with Crippen molar-refractivity contribution in [3.05, 3.63) is 84.1 Å². The molecular formula is C24H27N4O2+. The fourth-order valence-electron chi connectivity index (χ4n) is 3.40. The normalized spacial score (nSPS) is 14.2. The maximum Gasteiger partial charge on any atom is 0.274 e. The van der Waals surface area contributed by atoms with Gasteiger partial charge in [-0.2, -0.15) is 5.10 Å². The van der Waals surface area contributed by atoms with Crippen LogP contribution in [0.2, 0.25) is 0 Å². The van der Waals surface area contributed by atoms with Crippen LogP contribution in [0, 0.1) is 0 Å². The number of benzene rings is 2. The van der Waals surface area contributed by atoms with E-state index in [2.05, 4.69) is 32.1 Å². The Kier molecular flexibility index (Phi) is 6.44. The summed E-state index contributed by atoms with van der Waals surface area (Å²) in [4.78, 5) is 5.64. The number of hydrogen-bond donors (Lipinski definition) is 0. The third-order valence-electron chi connectivity index (χ3n) is 5.08. The lowest BCUT2D eigenvalue weighted by molar-refractivity contribution is -0.364. The number of hydrazone groups is 1. The van der Waals surface area contributed by atoms with Crippen LogP contribution in [0.15, 0.2) is 78.0 Å². The van der Waals surface area contributed by atoms with Crippen LogP contribution in [0.25, 0.3) is 0 Å². The largest absolute Gasteiger partial charge is 0.493 e. The number of rotatable bonds is 7. The first kappa shape index (κ1) is 19.8. The predicted octanol–water partition coefficient (Wildman–Crippen LogP) is 3.24. The average molecular weight is 404 g/mol. The number of aromatic nitrogens is 1. The Labute approximate surface area is 177 Å². The topological polar surface area (TPSA) is 51.4 Å². The molecule has 6 nitrogen and oxygen atoms in total. The Morgan fingerprint density at radius 3 is 2.47 bits per heavy atom. The quantitative estimate of drug-likeness (QED) is 0.569. The van der Waals surface area contributed by atoms with Gasteiger partial charge in [0.05, 0.1) is 32.6 Å². The molecule has 1 aliphatic heterocycles. The van der Waals surface area contributed by atoms with E-state index in [0.717, 1.165) is 54.6 Å². The van der Waals surface area contributed by atoms with Crippen molar-refractivity contribution in [3.63, 3.8) is 0 Å². The van der Waals surface area contributed by atoms with Crippen molar-refractivity contribution >= 4 is 12.0 Å². The van der Waals surface area contributed by atoms with Gasteiger partial charge in [-0.15, -0.1) is 0 Å². The molecule has 1 aromatic heterocycles. The minimum Gasteiger partial charge on any atom is -0.493 e. The van der Waals surface area contributed by atoms with Crippen LogP contribution in [0.4, 0.5) is 5.82 Å². The highest BCUT2D eigenvalue weighted by Gasteiger charge is 2.21. The van der Waals surface area contributed by atoms with E-state index in [1.165, 1.54) is 0 Å². The highest BCUT2D eigenvalue weighted by Crippen LogP contribution is 2.28. The van der Waals surface area contributed by atoms with Crippen molar-refractivity contribution in [1.29, 1.82) is 0 Å². The molecule has 154 valence electrons. The Balaban J connectivity index is 1.36. The Hall–Kier alpha value is -3.54. The fraction of sp³-hybridized carbons (Fsp3) is 0.250. The monoisotopic (exact) mass is 403 g/mol. The molecule has 4 rings (SSSR count). The molecule has 0 spiro atoms. The van der Waals surface area contributed by atoms with Crippen LogP contribution >= 0.6 is 0 Å². The number of pyridine rings is 1. The van der Waals surface area contributed by atoms with E-state index in [4.69, 9.17) is 9.47 Å². The molecule has 1 aliphatic rings. The number of nitrogens with one attached hydrogen (secondary N) is 1. The van der Waals surface area contributed by atoms with Crippen LogP contribution in [-0.4, -0.2) is 44.5 Å². The zero-order chi connectivity index (χ0) is 20.6. The molecule has 1 N–H and O–H groups in total. The summed E-state index contributed by atoms with van der Waals surface area (Å²) in [5.41, 5.74) is 2.10. The summed E-state index contributed by atoms with van der Waals surface area (Å²) >= 11 is 0. The number of ether oxygens (including phenoxy) is 2. The molecule has 1 saturated heterocycles. The molecule has 0 atom stereocenters. The van der Waals surface area contributed by atoms with Gasteiger partial charge in [0.25, 0.3) is 5.82 Å². The van der Waals surface area contributed by atoms with Crippen molar-refractivity contribution in [3.8, 4) is 11.5 Å². The fourth-order valence-corrected chi connectivity index (χ4v) is 3.40. The van der Waals surface area contributed by atoms with Gasteiger partial charge in [-0.3, -0.25) is 9.91 Å². The van der Waals surface area contributed by atoms with Crippen molar-refractivity contribution in [2.45, 2.75) is 6.61 Å². The average Bonchev–Trinajstić information content (AvgIpc) is 2.83. The first-order valence-electron chi connectivity index (χ1n) is 10.2. The maximum atomic E-state index is 6.00. The lowest BCUT2D eigenvalue weighted by Crippen LogP contribution is -2.45. The Morgan fingerprint density at radius 1 is 0.933 bits per heavy atom. The summed E-state index contributed by atoms with van der Waals surface area (Å²) < 4.78 is 11.4. The number of hydrogen-bond acceptors (Lipinski definition) is 5. The van der Waals surface area contributed by atoms with E-state index in [1.807, 2.05) is 67.0 Å². The number of anilines is 1. The van der Waals surface area contributed by atoms with E-state index < -0.39 is 0 Å². The molecule has 0 bridgehead atoms. The molecule has 0 saturated carbocycles. The Morgan fingerprint density at radius 2 is 1.73 bits per heavy atom. The zero-order valence-corrected chi connectivity index (χ0v) is 17.2. The van der Waals surface area contributed by atoms with Gasteiger partial charge in [-0.1, -0.05) is 36.4 Å². The van der Waals surface area contributed by atoms with E-state index in [-0.39, 0.29) is 0 Å². The lowest BCUT2D eigenvalue weighted by atomic mass is 10.2. The van der Waals surface area contributed by atoms with E-state index >= 15 is 0 Å². The third-order valence-corrected chi connectivity index (χ3v) is 5.08. The second-order valence-corrected chi connectivity index (χ2v) is 7.12. The van der Waals surface area contributed by atoms with Gasteiger partial charge in [0.2, 0.25) is 0 Å². The number of aromatic amines is 1. The van der Waals surface area contributed by atoms with Gasteiger partial charge in [0.15, 0.2) is 11.5 Å². The van der Waals surface area contributed by atoms with E-state index in [0.29, 0.717) is 6.61 Å². The van der Waals surface area contributed by atoms with Crippen molar-refractivity contribution in [1.82, 2.24) is 5.01 Å². The van der Waals surface area contributed by atoms with Crippen molar-refractivity contribution < 1.29 is 14.5 Å². The summed E-state index contributed by atoms with van der Waals surface area (Å²) in [7, 11) is 1.65. The SMILES string of the molecule is COc1ccc(/C=N/N2CCN(c3cccc[nH+]3)CC2)cc1OCc1ccccc1. The summed E-state index contributed by atoms with van der Waals surface area (Å²) in [6.07, 6.45) is 3.85. The maximum absolute atomic E-state index is 6.00. The first-order chi connectivity index (χ1) is 14.8. The van der Waals surface area contributed by atoms with Gasteiger partial charge in [-0.25, -0.2) is 4.98 Å². The molecule has 2 aromatic carbocycles. The van der Waals surface area contributed by atoms with E-state index in [9.17, 15) is 0 Å². The van der Waals surface area contributed by atoms with Gasteiger partial charge >= 0.3 is 0 Å². The zero-order valence-electron chi connectivity index (χ0n) is 17.2. The molecule has 0 aliphatic carbocycles. The molecule has 0 radical (unpaired) electrons. The van der Waals surface area contributed by atoms with E-state index in [1.54, 1.807) is 7.11 Å². The van der Waals surface area contributed by atoms with Gasteiger partial charge < -0.3 is 9.47 Å². The van der Waals surface area contributed by atoms with Crippen LogP contribution in [0.3, 0.4) is 0 Å². The van der Waals surface area contributed by atoms with Crippen molar-refractivity contribution in [2.75, 3.05) is 38.2 Å². The highest BCUT2D eigenvalue weighted by atomic mass is 16.5. The van der Waals surface area contributed by atoms with Crippen LogP contribution in [0.5, 0.6) is 11.5 Å². The number of nitrogens with zero attached hydrogens (tertiary/aromatic N) is 3. The highest BCUT2D eigenvalue weighted by molar-refractivity contribution is 5.80. The predicted molar refractivity (Wildman–Crippen MR) is 118 cm³/mol. The summed E-state index contributed by atoms with van der Waals surface area (Å²) in [6.45, 7) is 4.13. The number of H-pyrrole nitrogens is 1. The minimum atomic E-state index is 0.496. The van der Waals surface area contributed by atoms with Crippen molar-refractivity contribution in [2.24, 2.45) is 5.10 Å². The minimum absolute atomic E-state index is 0.496. The Bertz CT molecular complexity index is 955. The molecule has 6 heteroatoms. The summed E-state index contributed by atoms with van der Waals surface area (Å²) in [5.74, 6) is 2.59. The summed E-state index contributed by atoms with van der Waals surface area (Å²) in [5, 5.41) is 6.78. The second-order valence-electron chi connectivity index (χ2n) is 7.12. The van der Waals surface area contributed by atoms with Gasteiger partial charge in [0, 0.05) is 6.07 Å². The van der Waals surface area contributed by atoms with Crippen LogP contribution in [0.1, 0.15) is 11.1 Å². The second kappa shape index (κ2) is 9.78. The molecule has 0 amide bonds. The molecular weight excluding hydrogens is 376 g/mol. The lowest BCUT2D eigenvalue weighted by Gasteiger charge is -2.28. The number of piperazine rings is 1. The number of methoxy groups -OCH3 is 1.